The highest BCUT2D eigenvalue weighted by molar-refractivity contribution is 5.91. The maximum absolute atomic E-state index is 9.76. The molecule has 4 aliphatic rings. The van der Waals surface area contributed by atoms with Crippen molar-refractivity contribution < 1.29 is 0 Å². The van der Waals surface area contributed by atoms with Gasteiger partial charge in [-0.05, 0) is 157 Å². The second kappa shape index (κ2) is 12.9. The van der Waals surface area contributed by atoms with E-state index in [0.29, 0.717) is 17.2 Å². The van der Waals surface area contributed by atoms with Crippen molar-refractivity contribution in [3.8, 4) is 40.2 Å². The van der Waals surface area contributed by atoms with Gasteiger partial charge in [0, 0.05) is 16.7 Å². The Hall–Kier alpha value is -4.36. The topological polar surface area (TPSA) is 62.5 Å². The number of benzene rings is 4. The van der Waals surface area contributed by atoms with E-state index in [-0.39, 0.29) is 10.8 Å². The smallest absolute Gasteiger partial charge is 0.164 e. The van der Waals surface area contributed by atoms with Crippen LogP contribution in [0.15, 0.2) is 84.9 Å². The summed E-state index contributed by atoms with van der Waals surface area (Å²) in [6, 6.07) is 32.6. The molecule has 4 aliphatic carbocycles. The van der Waals surface area contributed by atoms with Crippen LogP contribution >= 0.6 is 0 Å². The highest BCUT2D eigenvalue weighted by Gasteiger charge is 2.48. The summed E-state index contributed by atoms with van der Waals surface area (Å²) in [4.78, 5) is 15.8. The summed E-state index contributed by atoms with van der Waals surface area (Å²) < 4.78 is 0. The van der Waals surface area contributed by atoms with E-state index in [2.05, 4.69) is 94.4 Å². The molecule has 9 rings (SSSR count). The minimum atomic E-state index is 0.205. The first kappa shape index (κ1) is 33.5. The van der Waals surface area contributed by atoms with Crippen molar-refractivity contribution in [2.45, 2.75) is 103 Å². The molecule has 0 spiro atoms. The number of nitrogens with zero attached hydrogens (tertiary/aromatic N) is 4. The predicted octanol–water partition coefficient (Wildman–Crippen LogP) is 12.1. The fourth-order valence-electron chi connectivity index (χ4n) is 12.4. The molecule has 5 aromatic rings. The summed E-state index contributed by atoms with van der Waals surface area (Å²) in [7, 11) is 0. The number of fused-ring (bicyclic) bond motifs is 5. The van der Waals surface area contributed by atoms with Crippen LogP contribution in [0.1, 0.15) is 109 Å². The summed E-state index contributed by atoms with van der Waals surface area (Å²) in [5.41, 5.74) is 7.25. The Kier molecular flexibility index (Phi) is 8.33. The molecule has 52 heavy (non-hydrogen) atoms. The molecule has 0 aliphatic heterocycles. The molecular weight excluding hydrogens is 633 g/mol. The first-order chi connectivity index (χ1) is 25.2. The van der Waals surface area contributed by atoms with Gasteiger partial charge < -0.3 is 0 Å². The van der Waals surface area contributed by atoms with Crippen LogP contribution in [-0.4, -0.2) is 15.0 Å². The third-order valence-corrected chi connectivity index (χ3v) is 13.6. The second-order valence-corrected chi connectivity index (χ2v) is 18.2. The third kappa shape index (κ3) is 6.05. The average Bonchev–Trinajstić information content (AvgIpc) is 3.13. The van der Waals surface area contributed by atoms with E-state index in [1.165, 1.54) is 64.2 Å². The number of rotatable bonds is 5. The van der Waals surface area contributed by atoms with Gasteiger partial charge in [0.1, 0.15) is 0 Å². The summed E-state index contributed by atoms with van der Waals surface area (Å²) in [6.07, 6.45) is 13.2. The van der Waals surface area contributed by atoms with E-state index in [9.17, 15) is 5.26 Å². The minimum absolute atomic E-state index is 0.205. The van der Waals surface area contributed by atoms with Gasteiger partial charge in [0.25, 0.3) is 0 Å². The fourth-order valence-corrected chi connectivity index (χ4v) is 12.4. The zero-order chi connectivity index (χ0) is 35.6. The Morgan fingerprint density at radius 2 is 1.04 bits per heavy atom. The highest BCUT2D eigenvalue weighted by atomic mass is 15.0. The molecule has 4 fully saturated rings. The first-order valence-corrected chi connectivity index (χ1v) is 20.1. The van der Waals surface area contributed by atoms with Crippen LogP contribution < -0.4 is 0 Å². The molecule has 0 amide bonds. The van der Waals surface area contributed by atoms with Crippen molar-refractivity contribution >= 4 is 10.8 Å². The van der Waals surface area contributed by atoms with E-state index in [4.69, 9.17) is 15.0 Å². The largest absolute Gasteiger partial charge is 0.208 e. The molecule has 2 unspecified atom stereocenters. The maximum atomic E-state index is 9.76. The lowest BCUT2D eigenvalue weighted by atomic mass is 9.52. The molecule has 0 saturated heterocycles. The average molecular weight is 685 g/mol. The van der Waals surface area contributed by atoms with Gasteiger partial charge in [-0.25, -0.2) is 15.0 Å². The Balaban J connectivity index is 1.26. The lowest BCUT2D eigenvalue weighted by Gasteiger charge is -2.52. The SMILES string of the molecule is C[C@@H]1C[C@@H]2C[C@H](C)CC(c3cc(-c4nc(-c5ccccc5)nc(-c5ccc6c(C#N)cccc6c5)n4)cc(C45C[C@H](C)C[C@H](C[C@H](C)C4)C5)c3)(C1)C2. The number of hydrogen-bond donors (Lipinski definition) is 0. The molecule has 1 heterocycles. The Labute approximate surface area is 310 Å². The molecule has 4 heteroatoms. The second-order valence-electron chi connectivity index (χ2n) is 18.2. The molecule has 264 valence electrons. The standard InChI is InChI=1S/C48H52N4/c1-30-15-34-16-31(2)24-47(23-30,27-34)41-20-40(21-42(22-41)48-25-32(3)17-35(28-48)18-33(4)26-48)46-51-44(36-9-6-5-7-10-36)50-45(52-46)38-13-14-43-37(19-38)11-8-12-39(43)29-49/h5-14,19-22,30-35H,15-18,23-28H2,1-4H3/t30-,31+,32-,33+,34-,35-,47?,48?. The summed E-state index contributed by atoms with van der Waals surface area (Å²) in [5, 5.41) is 11.7. The normalized spacial score (nSPS) is 31.2. The molecular formula is C48H52N4. The Bertz CT molecular complexity index is 2080. The number of nitriles is 1. The van der Waals surface area contributed by atoms with Crippen LogP contribution in [0.25, 0.3) is 44.9 Å². The molecule has 1 aromatic heterocycles. The van der Waals surface area contributed by atoms with Crippen molar-refractivity contribution in [3.63, 3.8) is 0 Å². The van der Waals surface area contributed by atoms with Crippen LogP contribution in [-0.2, 0) is 10.8 Å². The van der Waals surface area contributed by atoms with Crippen molar-refractivity contribution in [1.29, 1.82) is 5.26 Å². The van der Waals surface area contributed by atoms with Crippen LogP contribution in [0.3, 0.4) is 0 Å². The van der Waals surface area contributed by atoms with E-state index in [1.807, 2.05) is 24.3 Å². The molecule has 4 aromatic carbocycles. The molecule has 8 atom stereocenters. The van der Waals surface area contributed by atoms with Crippen LogP contribution in [0, 0.1) is 46.8 Å². The first-order valence-electron chi connectivity index (χ1n) is 20.1. The zero-order valence-corrected chi connectivity index (χ0v) is 31.4. The summed E-state index contributed by atoms with van der Waals surface area (Å²) in [5.74, 6) is 6.74. The van der Waals surface area contributed by atoms with Gasteiger partial charge >= 0.3 is 0 Å². The Morgan fingerprint density at radius 1 is 0.519 bits per heavy atom. The van der Waals surface area contributed by atoms with Gasteiger partial charge in [0.2, 0.25) is 0 Å². The predicted molar refractivity (Wildman–Crippen MR) is 212 cm³/mol. The highest BCUT2D eigenvalue weighted by Crippen LogP contribution is 2.58. The Morgan fingerprint density at radius 3 is 1.58 bits per heavy atom. The van der Waals surface area contributed by atoms with Crippen LogP contribution in [0.5, 0.6) is 0 Å². The van der Waals surface area contributed by atoms with Gasteiger partial charge in [-0.15, -0.1) is 0 Å². The zero-order valence-electron chi connectivity index (χ0n) is 31.4. The van der Waals surface area contributed by atoms with E-state index >= 15 is 0 Å². The van der Waals surface area contributed by atoms with Crippen LogP contribution in [0.4, 0.5) is 0 Å². The third-order valence-electron chi connectivity index (χ3n) is 13.6. The number of aromatic nitrogens is 3. The summed E-state index contributed by atoms with van der Waals surface area (Å²) in [6.45, 7) is 10.0. The van der Waals surface area contributed by atoms with Gasteiger partial charge in [-0.1, -0.05) is 88.4 Å². The van der Waals surface area contributed by atoms with Gasteiger partial charge in [0.05, 0.1) is 11.6 Å². The fraction of sp³-hybridized carbons (Fsp3) is 0.458. The van der Waals surface area contributed by atoms with Crippen molar-refractivity contribution in [2.75, 3.05) is 0 Å². The van der Waals surface area contributed by atoms with Gasteiger partial charge in [0.15, 0.2) is 17.5 Å². The van der Waals surface area contributed by atoms with Crippen molar-refractivity contribution in [1.82, 2.24) is 15.0 Å². The lowest BCUT2D eigenvalue weighted by Crippen LogP contribution is -2.44. The van der Waals surface area contributed by atoms with E-state index < -0.39 is 0 Å². The van der Waals surface area contributed by atoms with Crippen molar-refractivity contribution in [2.24, 2.45) is 35.5 Å². The molecule has 4 bridgehead atoms. The minimum Gasteiger partial charge on any atom is -0.208 e. The van der Waals surface area contributed by atoms with Gasteiger partial charge in [-0.3, -0.25) is 0 Å². The molecule has 4 saturated carbocycles. The van der Waals surface area contributed by atoms with Crippen molar-refractivity contribution in [3.05, 3.63) is 102 Å². The van der Waals surface area contributed by atoms with Gasteiger partial charge in [-0.2, -0.15) is 5.26 Å². The van der Waals surface area contributed by atoms with Crippen LogP contribution in [0.2, 0.25) is 0 Å². The van der Waals surface area contributed by atoms with E-state index in [0.717, 1.165) is 68.8 Å². The molecule has 0 radical (unpaired) electrons. The molecule has 4 nitrogen and oxygen atoms in total. The maximum Gasteiger partial charge on any atom is 0.164 e. The summed E-state index contributed by atoms with van der Waals surface area (Å²) >= 11 is 0. The quantitative estimate of drug-likeness (QED) is 0.185. The van der Waals surface area contributed by atoms with E-state index in [1.54, 1.807) is 11.1 Å². The lowest BCUT2D eigenvalue weighted by molar-refractivity contribution is 0.0738. The number of hydrogen-bond acceptors (Lipinski definition) is 4. The monoisotopic (exact) mass is 684 g/mol. The molecule has 0 N–H and O–H groups in total.